The molecule has 3 nitrogen and oxygen atoms in total. The fourth-order valence-corrected chi connectivity index (χ4v) is 2.97. The number of thioether (sulfide) groups is 1. The van der Waals surface area contributed by atoms with E-state index in [1.165, 1.54) is 17.8 Å². The molecule has 2 rings (SSSR count). The van der Waals surface area contributed by atoms with Crippen molar-refractivity contribution in [1.29, 1.82) is 0 Å². The Kier molecular flexibility index (Phi) is 4.22. The highest BCUT2D eigenvalue weighted by Crippen LogP contribution is 2.35. The molecule has 0 bridgehead atoms. The van der Waals surface area contributed by atoms with Crippen molar-refractivity contribution < 1.29 is 13.2 Å². The van der Waals surface area contributed by atoms with Crippen LogP contribution in [0.3, 0.4) is 0 Å². The van der Waals surface area contributed by atoms with E-state index in [4.69, 9.17) is 17.3 Å². The maximum Gasteiger partial charge on any atom is 0.416 e. The molecular weight excluding hydrogens is 319 g/mol. The summed E-state index contributed by atoms with van der Waals surface area (Å²) in [6.45, 7) is 0. The van der Waals surface area contributed by atoms with E-state index in [2.05, 4.69) is 9.59 Å². The van der Waals surface area contributed by atoms with E-state index in [0.29, 0.717) is 20.7 Å². The van der Waals surface area contributed by atoms with Crippen LogP contribution in [0.1, 0.15) is 11.3 Å². The summed E-state index contributed by atoms with van der Waals surface area (Å²) in [5.41, 5.74) is 5.52. The fourth-order valence-electron chi connectivity index (χ4n) is 1.29. The first-order valence-corrected chi connectivity index (χ1v) is 7.08. The molecule has 0 aliphatic heterocycles. The second kappa shape index (κ2) is 5.56. The zero-order valence-corrected chi connectivity index (χ0v) is 11.6. The first kappa shape index (κ1) is 14.4. The molecule has 0 radical (unpaired) electrons. The molecule has 0 aliphatic carbocycles. The number of rotatable bonds is 3. The number of hydrogen-bond acceptors (Lipinski definition) is 5. The van der Waals surface area contributed by atoms with E-state index in [1.54, 1.807) is 0 Å². The van der Waals surface area contributed by atoms with Gasteiger partial charge in [0.15, 0.2) is 0 Å². The van der Waals surface area contributed by atoms with Gasteiger partial charge in [-0.05, 0) is 18.2 Å². The predicted octanol–water partition coefficient (Wildman–Crippen LogP) is 4.08. The average molecular weight is 326 g/mol. The summed E-state index contributed by atoms with van der Waals surface area (Å²) >= 11 is 8.16. The van der Waals surface area contributed by atoms with Crippen molar-refractivity contribution in [3.8, 4) is 0 Å². The fraction of sp³-hybridized carbons (Fsp3) is 0.200. The quantitative estimate of drug-likeness (QED) is 0.682. The van der Waals surface area contributed by atoms with Crippen LogP contribution in [-0.4, -0.2) is 9.59 Å². The second-order valence-corrected chi connectivity index (χ2v) is 5.91. The van der Waals surface area contributed by atoms with Gasteiger partial charge in [-0.3, -0.25) is 0 Å². The van der Waals surface area contributed by atoms with E-state index in [0.717, 1.165) is 23.7 Å². The second-order valence-electron chi connectivity index (χ2n) is 3.53. The van der Waals surface area contributed by atoms with Crippen LogP contribution in [0.25, 0.3) is 0 Å². The van der Waals surface area contributed by atoms with Gasteiger partial charge in [-0.1, -0.05) is 16.1 Å². The van der Waals surface area contributed by atoms with Crippen molar-refractivity contribution in [1.82, 2.24) is 9.59 Å². The van der Waals surface area contributed by atoms with Gasteiger partial charge in [-0.25, -0.2) is 0 Å². The number of benzene rings is 1. The van der Waals surface area contributed by atoms with Crippen LogP contribution in [0.2, 0.25) is 4.34 Å². The molecule has 0 saturated heterocycles. The standard InChI is InChI=1S/C10H7ClF3N3S2/c11-9-7(16-17-19-9)4-18-8-2-1-5(3-6(8)15)10(12,13)14/h1-3H,4,15H2. The molecule has 2 aromatic rings. The monoisotopic (exact) mass is 325 g/mol. The van der Waals surface area contributed by atoms with Gasteiger partial charge < -0.3 is 5.73 Å². The van der Waals surface area contributed by atoms with Crippen LogP contribution in [-0.2, 0) is 11.9 Å². The van der Waals surface area contributed by atoms with E-state index in [9.17, 15) is 13.2 Å². The normalized spacial score (nSPS) is 11.8. The lowest BCUT2D eigenvalue weighted by Gasteiger charge is -2.10. The third-order valence-corrected chi connectivity index (χ3v) is 4.30. The number of aromatic nitrogens is 2. The minimum atomic E-state index is -4.39. The Morgan fingerprint density at radius 2 is 2.11 bits per heavy atom. The van der Waals surface area contributed by atoms with Gasteiger partial charge in [0.05, 0.1) is 5.56 Å². The summed E-state index contributed by atoms with van der Waals surface area (Å²) in [6, 6.07) is 3.26. The zero-order valence-electron chi connectivity index (χ0n) is 9.24. The molecular formula is C10H7ClF3N3S2. The van der Waals surface area contributed by atoms with E-state index in [1.807, 2.05) is 0 Å². The van der Waals surface area contributed by atoms with Crippen molar-refractivity contribution in [2.24, 2.45) is 0 Å². The summed E-state index contributed by atoms with van der Waals surface area (Å²) in [6.07, 6.45) is -4.39. The number of alkyl halides is 3. The Balaban J connectivity index is 2.12. The molecule has 2 N–H and O–H groups in total. The smallest absolute Gasteiger partial charge is 0.398 e. The first-order valence-electron chi connectivity index (χ1n) is 4.94. The van der Waals surface area contributed by atoms with Crippen LogP contribution >= 0.6 is 34.9 Å². The molecule has 0 atom stereocenters. The molecule has 0 saturated carbocycles. The molecule has 0 spiro atoms. The molecule has 0 fully saturated rings. The van der Waals surface area contributed by atoms with E-state index < -0.39 is 11.7 Å². The van der Waals surface area contributed by atoms with Crippen molar-refractivity contribution in [3.05, 3.63) is 33.8 Å². The van der Waals surface area contributed by atoms with E-state index in [-0.39, 0.29) is 5.69 Å². The van der Waals surface area contributed by atoms with Crippen LogP contribution in [0.15, 0.2) is 23.1 Å². The highest BCUT2D eigenvalue weighted by Gasteiger charge is 2.30. The maximum atomic E-state index is 12.5. The van der Waals surface area contributed by atoms with Crippen molar-refractivity contribution in [3.63, 3.8) is 0 Å². The van der Waals surface area contributed by atoms with Crippen molar-refractivity contribution in [2.75, 3.05) is 5.73 Å². The SMILES string of the molecule is Nc1cc(C(F)(F)F)ccc1SCc1nnsc1Cl. The van der Waals surface area contributed by atoms with Gasteiger partial charge >= 0.3 is 6.18 Å². The third-order valence-electron chi connectivity index (χ3n) is 2.21. The van der Waals surface area contributed by atoms with Gasteiger partial charge in [0.2, 0.25) is 0 Å². The summed E-state index contributed by atoms with van der Waals surface area (Å²) in [5, 5.41) is 3.81. The van der Waals surface area contributed by atoms with Gasteiger partial charge in [0, 0.05) is 27.9 Å². The molecule has 1 heterocycles. The predicted molar refractivity (Wildman–Crippen MR) is 70.3 cm³/mol. The van der Waals surface area contributed by atoms with Crippen LogP contribution in [0.5, 0.6) is 0 Å². The summed E-state index contributed by atoms with van der Waals surface area (Å²) in [5.74, 6) is 0.408. The average Bonchev–Trinajstić information content (AvgIpc) is 2.72. The van der Waals surface area contributed by atoms with Crippen LogP contribution in [0.4, 0.5) is 18.9 Å². The molecule has 9 heteroatoms. The van der Waals surface area contributed by atoms with Crippen LogP contribution in [0, 0.1) is 0 Å². The van der Waals surface area contributed by atoms with Crippen LogP contribution < -0.4 is 5.73 Å². The Hall–Kier alpha value is -0.990. The molecule has 1 aromatic heterocycles. The Morgan fingerprint density at radius 1 is 1.37 bits per heavy atom. The largest absolute Gasteiger partial charge is 0.416 e. The Bertz CT molecular complexity index is 586. The van der Waals surface area contributed by atoms with E-state index >= 15 is 0 Å². The Labute approximate surface area is 120 Å². The number of nitrogens with two attached hydrogens (primary N) is 1. The zero-order chi connectivity index (χ0) is 14.0. The third kappa shape index (κ3) is 3.52. The van der Waals surface area contributed by atoms with Gasteiger partial charge in [-0.15, -0.1) is 16.9 Å². The molecule has 0 amide bonds. The molecule has 0 unspecified atom stereocenters. The lowest BCUT2D eigenvalue weighted by Crippen LogP contribution is -2.05. The van der Waals surface area contributed by atoms with Gasteiger partial charge in [-0.2, -0.15) is 13.2 Å². The molecule has 1 aromatic carbocycles. The summed E-state index contributed by atoms with van der Waals surface area (Å²) < 4.78 is 41.5. The molecule has 19 heavy (non-hydrogen) atoms. The number of nitrogens with zero attached hydrogens (tertiary/aromatic N) is 2. The highest BCUT2D eigenvalue weighted by molar-refractivity contribution is 7.98. The van der Waals surface area contributed by atoms with Gasteiger partial charge in [0.1, 0.15) is 10.0 Å². The van der Waals surface area contributed by atoms with Crippen molar-refractivity contribution >= 4 is 40.6 Å². The number of anilines is 1. The lowest BCUT2D eigenvalue weighted by atomic mass is 10.2. The number of hydrogen-bond donors (Lipinski definition) is 1. The topological polar surface area (TPSA) is 51.8 Å². The maximum absolute atomic E-state index is 12.5. The first-order chi connectivity index (χ1) is 8.88. The van der Waals surface area contributed by atoms with Crippen molar-refractivity contribution in [2.45, 2.75) is 16.8 Å². The Morgan fingerprint density at radius 3 is 2.63 bits per heavy atom. The lowest BCUT2D eigenvalue weighted by molar-refractivity contribution is -0.137. The number of nitrogen functional groups attached to an aromatic ring is 1. The number of halogens is 4. The summed E-state index contributed by atoms with van der Waals surface area (Å²) in [4.78, 5) is 0.553. The minimum Gasteiger partial charge on any atom is -0.398 e. The summed E-state index contributed by atoms with van der Waals surface area (Å²) in [7, 11) is 0. The highest BCUT2D eigenvalue weighted by atomic mass is 35.5. The minimum absolute atomic E-state index is 0.0825. The molecule has 102 valence electrons. The molecule has 0 aliphatic rings. The van der Waals surface area contributed by atoms with Gasteiger partial charge in [0.25, 0.3) is 0 Å².